The molecule has 0 saturated carbocycles. The predicted molar refractivity (Wildman–Crippen MR) is 108 cm³/mol. The summed E-state index contributed by atoms with van der Waals surface area (Å²) in [7, 11) is 4.02. The second kappa shape index (κ2) is 8.05. The number of hydrogen-bond acceptors (Lipinski definition) is 4. The third-order valence-electron chi connectivity index (χ3n) is 4.41. The van der Waals surface area contributed by atoms with Crippen LogP contribution in [0.25, 0.3) is 11.3 Å². The largest absolute Gasteiger partial charge is 0.381 e. The number of primary amides is 1. The molecular weight excluding hydrogens is 338 g/mol. The number of amides is 1. The molecular formula is C21H25N5O. The molecule has 140 valence electrons. The SMILES string of the molecule is Cc1ccc(-c2[nH]ncc2CNc2cc(C(N)=O)ccc2CN(C)C)cc1. The molecule has 0 bridgehead atoms. The zero-order valence-corrected chi connectivity index (χ0v) is 15.9. The molecule has 0 unspecified atom stereocenters. The fourth-order valence-electron chi connectivity index (χ4n) is 2.98. The minimum Gasteiger partial charge on any atom is -0.381 e. The van der Waals surface area contributed by atoms with Gasteiger partial charge in [0.15, 0.2) is 0 Å². The van der Waals surface area contributed by atoms with E-state index in [1.54, 1.807) is 6.07 Å². The highest BCUT2D eigenvalue weighted by Gasteiger charge is 2.11. The number of carbonyl (C=O) groups excluding carboxylic acids is 1. The van der Waals surface area contributed by atoms with E-state index in [2.05, 4.69) is 51.6 Å². The van der Waals surface area contributed by atoms with Gasteiger partial charge in [-0.2, -0.15) is 5.10 Å². The summed E-state index contributed by atoms with van der Waals surface area (Å²) in [4.78, 5) is 13.6. The summed E-state index contributed by atoms with van der Waals surface area (Å²) in [5.41, 5.74) is 12.3. The highest BCUT2D eigenvalue weighted by molar-refractivity contribution is 5.94. The van der Waals surface area contributed by atoms with Gasteiger partial charge in [0, 0.05) is 29.9 Å². The van der Waals surface area contributed by atoms with E-state index >= 15 is 0 Å². The summed E-state index contributed by atoms with van der Waals surface area (Å²) in [6.07, 6.45) is 1.83. The molecule has 6 heteroatoms. The van der Waals surface area contributed by atoms with Gasteiger partial charge in [0.2, 0.25) is 5.91 Å². The normalized spacial score (nSPS) is 11.0. The van der Waals surface area contributed by atoms with Gasteiger partial charge >= 0.3 is 0 Å². The number of anilines is 1. The van der Waals surface area contributed by atoms with E-state index in [-0.39, 0.29) is 0 Å². The highest BCUT2D eigenvalue weighted by atomic mass is 16.1. The van der Waals surface area contributed by atoms with Gasteiger partial charge in [-0.3, -0.25) is 9.89 Å². The van der Waals surface area contributed by atoms with Crippen molar-refractivity contribution in [3.63, 3.8) is 0 Å². The van der Waals surface area contributed by atoms with Crippen LogP contribution in [0.5, 0.6) is 0 Å². The average molecular weight is 363 g/mol. The summed E-state index contributed by atoms with van der Waals surface area (Å²) in [6.45, 7) is 3.41. The van der Waals surface area contributed by atoms with E-state index < -0.39 is 5.91 Å². The molecule has 0 aliphatic rings. The van der Waals surface area contributed by atoms with Gasteiger partial charge in [-0.15, -0.1) is 0 Å². The van der Waals surface area contributed by atoms with Crippen LogP contribution in [0.2, 0.25) is 0 Å². The van der Waals surface area contributed by atoms with Gasteiger partial charge in [0.25, 0.3) is 0 Å². The Hall–Kier alpha value is -3.12. The Bertz CT molecular complexity index is 928. The third kappa shape index (κ3) is 4.54. The van der Waals surface area contributed by atoms with Crippen molar-refractivity contribution < 1.29 is 4.79 Å². The number of aryl methyl sites for hydroxylation is 1. The van der Waals surface area contributed by atoms with Crippen molar-refractivity contribution in [1.29, 1.82) is 0 Å². The lowest BCUT2D eigenvalue weighted by atomic mass is 10.1. The number of nitrogens with zero attached hydrogens (tertiary/aromatic N) is 2. The van der Waals surface area contributed by atoms with Crippen molar-refractivity contribution >= 4 is 11.6 Å². The van der Waals surface area contributed by atoms with Crippen LogP contribution in [0.1, 0.15) is 27.0 Å². The summed E-state index contributed by atoms with van der Waals surface area (Å²) in [5, 5.41) is 10.7. The number of nitrogens with one attached hydrogen (secondary N) is 2. The Morgan fingerprint density at radius 2 is 1.89 bits per heavy atom. The molecule has 1 heterocycles. The average Bonchev–Trinajstić information content (AvgIpc) is 3.09. The van der Waals surface area contributed by atoms with Gasteiger partial charge in [-0.25, -0.2) is 0 Å². The van der Waals surface area contributed by atoms with Crippen LogP contribution in [0.15, 0.2) is 48.7 Å². The van der Waals surface area contributed by atoms with Gasteiger partial charge in [-0.1, -0.05) is 35.9 Å². The lowest BCUT2D eigenvalue weighted by molar-refractivity contribution is 0.100. The van der Waals surface area contributed by atoms with E-state index in [9.17, 15) is 4.79 Å². The minimum atomic E-state index is -0.432. The smallest absolute Gasteiger partial charge is 0.248 e. The van der Waals surface area contributed by atoms with Crippen molar-refractivity contribution in [3.05, 3.63) is 70.9 Å². The van der Waals surface area contributed by atoms with Gasteiger partial charge in [0.05, 0.1) is 11.9 Å². The standard InChI is InChI=1S/C21H25N5O/c1-14-4-6-15(7-5-14)20-18(12-24-25-20)11-23-19-10-16(21(22)27)8-9-17(19)13-26(2)3/h4-10,12,23H,11,13H2,1-3H3,(H2,22,27)(H,24,25). The maximum atomic E-state index is 11.6. The van der Waals surface area contributed by atoms with Crippen molar-refractivity contribution in [2.75, 3.05) is 19.4 Å². The van der Waals surface area contributed by atoms with Crippen LogP contribution in [-0.2, 0) is 13.1 Å². The molecule has 27 heavy (non-hydrogen) atoms. The van der Waals surface area contributed by atoms with Crippen LogP contribution in [0.4, 0.5) is 5.69 Å². The lowest BCUT2D eigenvalue weighted by Gasteiger charge is -2.16. The summed E-state index contributed by atoms with van der Waals surface area (Å²) in [5.74, 6) is -0.432. The zero-order valence-electron chi connectivity index (χ0n) is 15.9. The monoisotopic (exact) mass is 363 g/mol. The molecule has 1 aromatic heterocycles. The minimum absolute atomic E-state index is 0.432. The van der Waals surface area contributed by atoms with Gasteiger partial charge < -0.3 is 16.0 Å². The van der Waals surface area contributed by atoms with Crippen molar-refractivity contribution in [2.24, 2.45) is 5.73 Å². The first-order valence-electron chi connectivity index (χ1n) is 8.84. The van der Waals surface area contributed by atoms with Crippen molar-refractivity contribution in [1.82, 2.24) is 15.1 Å². The first kappa shape index (κ1) is 18.7. The molecule has 0 aliphatic carbocycles. The number of benzene rings is 2. The summed E-state index contributed by atoms with van der Waals surface area (Å²) in [6, 6.07) is 13.8. The molecule has 0 spiro atoms. The van der Waals surface area contributed by atoms with Crippen LogP contribution >= 0.6 is 0 Å². The lowest BCUT2D eigenvalue weighted by Crippen LogP contribution is -2.15. The number of rotatable bonds is 7. The van der Waals surface area contributed by atoms with E-state index in [4.69, 9.17) is 5.73 Å². The summed E-state index contributed by atoms with van der Waals surface area (Å²) < 4.78 is 0. The molecule has 6 nitrogen and oxygen atoms in total. The third-order valence-corrected chi connectivity index (χ3v) is 4.41. The van der Waals surface area contributed by atoms with E-state index in [1.807, 2.05) is 32.4 Å². The molecule has 0 saturated heterocycles. The number of nitrogens with two attached hydrogens (primary N) is 1. The van der Waals surface area contributed by atoms with E-state index in [0.717, 1.165) is 34.6 Å². The molecule has 3 aromatic rings. The molecule has 0 fully saturated rings. The molecule has 1 amide bonds. The van der Waals surface area contributed by atoms with Crippen molar-refractivity contribution in [2.45, 2.75) is 20.0 Å². The maximum Gasteiger partial charge on any atom is 0.248 e. The van der Waals surface area contributed by atoms with E-state index in [0.29, 0.717) is 12.1 Å². The Morgan fingerprint density at radius 3 is 2.56 bits per heavy atom. The first-order valence-corrected chi connectivity index (χ1v) is 8.84. The van der Waals surface area contributed by atoms with Gasteiger partial charge in [-0.05, 0) is 44.3 Å². The highest BCUT2D eigenvalue weighted by Crippen LogP contribution is 2.24. The maximum absolute atomic E-state index is 11.6. The Labute approximate surface area is 159 Å². The fraction of sp³-hybridized carbons (Fsp3) is 0.238. The van der Waals surface area contributed by atoms with Crippen LogP contribution < -0.4 is 11.1 Å². The van der Waals surface area contributed by atoms with Crippen LogP contribution in [0.3, 0.4) is 0 Å². The molecule has 0 aliphatic heterocycles. The van der Waals surface area contributed by atoms with Crippen LogP contribution in [0, 0.1) is 6.92 Å². The number of carbonyl (C=O) groups is 1. The topological polar surface area (TPSA) is 87.0 Å². The number of aromatic amines is 1. The predicted octanol–water partition coefficient (Wildman–Crippen LogP) is 3.16. The number of hydrogen-bond donors (Lipinski definition) is 3. The summed E-state index contributed by atoms with van der Waals surface area (Å²) >= 11 is 0. The molecule has 0 radical (unpaired) electrons. The number of aromatic nitrogens is 2. The molecule has 4 N–H and O–H groups in total. The van der Waals surface area contributed by atoms with Gasteiger partial charge in [0.1, 0.15) is 0 Å². The molecule has 0 atom stereocenters. The molecule has 2 aromatic carbocycles. The second-order valence-electron chi connectivity index (χ2n) is 6.96. The van der Waals surface area contributed by atoms with Crippen LogP contribution in [-0.4, -0.2) is 35.1 Å². The Balaban J connectivity index is 1.84. The fourth-order valence-corrected chi connectivity index (χ4v) is 2.98. The Morgan fingerprint density at radius 1 is 1.15 bits per heavy atom. The number of H-pyrrole nitrogens is 1. The quantitative estimate of drug-likeness (QED) is 0.602. The second-order valence-corrected chi connectivity index (χ2v) is 6.96. The Kier molecular flexibility index (Phi) is 5.57. The zero-order chi connectivity index (χ0) is 19.4. The molecule has 3 rings (SSSR count). The van der Waals surface area contributed by atoms with E-state index in [1.165, 1.54) is 5.56 Å². The van der Waals surface area contributed by atoms with Crippen molar-refractivity contribution in [3.8, 4) is 11.3 Å². The first-order chi connectivity index (χ1) is 12.9.